The minimum absolute atomic E-state index is 0.0238. The van der Waals surface area contributed by atoms with Crippen LogP contribution in [0.25, 0.3) is 16.3 Å². The maximum atomic E-state index is 13.5. The summed E-state index contributed by atoms with van der Waals surface area (Å²) in [5, 5.41) is 6.72. The third-order valence-corrected chi connectivity index (χ3v) is 8.67. The van der Waals surface area contributed by atoms with E-state index in [1.807, 2.05) is 58.9 Å². The summed E-state index contributed by atoms with van der Waals surface area (Å²) in [6.45, 7) is 2.59. The number of amides is 1. The zero-order valence-corrected chi connectivity index (χ0v) is 18.7. The minimum Gasteiger partial charge on any atom is -0.336 e. The van der Waals surface area contributed by atoms with Crippen LogP contribution in [0.2, 0.25) is 0 Å². The van der Waals surface area contributed by atoms with Gasteiger partial charge >= 0.3 is 0 Å². The van der Waals surface area contributed by atoms with Crippen LogP contribution in [0.15, 0.2) is 54.0 Å². The number of aromatic nitrogens is 2. The predicted octanol–water partition coefficient (Wildman–Crippen LogP) is 2.55. The summed E-state index contributed by atoms with van der Waals surface area (Å²) in [5.41, 5.74) is 2.21. The van der Waals surface area contributed by atoms with Gasteiger partial charge in [-0.05, 0) is 30.0 Å². The van der Waals surface area contributed by atoms with Gasteiger partial charge in [0.05, 0.1) is 27.6 Å². The van der Waals surface area contributed by atoms with Crippen molar-refractivity contribution < 1.29 is 13.2 Å². The monoisotopic (exact) mass is 456 g/mol. The second-order valence-corrected chi connectivity index (χ2v) is 11.2. The molecule has 0 radical (unpaired) electrons. The first-order chi connectivity index (χ1) is 15.0. The van der Waals surface area contributed by atoms with E-state index in [1.54, 1.807) is 16.0 Å². The van der Waals surface area contributed by atoms with Crippen LogP contribution in [0, 0.1) is 0 Å². The maximum Gasteiger partial charge on any atom is 0.257 e. The minimum atomic E-state index is -2.90. The summed E-state index contributed by atoms with van der Waals surface area (Å²) in [4.78, 5) is 18.5. The Bertz CT molecular complexity index is 1160. The van der Waals surface area contributed by atoms with E-state index in [2.05, 4.69) is 4.90 Å². The maximum absolute atomic E-state index is 13.5. The van der Waals surface area contributed by atoms with Crippen LogP contribution >= 0.6 is 11.3 Å². The quantitative estimate of drug-likeness (QED) is 0.603. The van der Waals surface area contributed by atoms with Crippen molar-refractivity contribution in [1.82, 2.24) is 19.6 Å². The number of rotatable bonds is 4. The van der Waals surface area contributed by atoms with Crippen molar-refractivity contribution in [2.75, 3.05) is 37.7 Å². The summed E-state index contributed by atoms with van der Waals surface area (Å²) >= 11 is 1.57. The number of thiophene rings is 1. The average Bonchev–Trinajstić information content (AvgIpc) is 3.53. The molecule has 7 nitrogen and oxygen atoms in total. The van der Waals surface area contributed by atoms with Crippen LogP contribution in [-0.2, 0) is 9.84 Å². The second-order valence-electron chi connectivity index (χ2n) is 8.03. The first kappa shape index (κ1) is 20.4. The Morgan fingerprint density at radius 2 is 1.81 bits per heavy atom. The molecule has 1 amide bonds. The number of benzene rings is 1. The summed E-state index contributed by atoms with van der Waals surface area (Å²) < 4.78 is 25.4. The highest BCUT2D eigenvalue weighted by molar-refractivity contribution is 7.91. The van der Waals surface area contributed by atoms with Gasteiger partial charge in [0.2, 0.25) is 0 Å². The average molecular weight is 457 g/mol. The van der Waals surface area contributed by atoms with Crippen molar-refractivity contribution in [3.8, 4) is 16.3 Å². The van der Waals surface area contributed by atoms with E-state index in [0.717, 1.165) is 10.6 Å². The molecule has 0 aliphatic carbocycles. The Kier molecular flexibility index (Phi) is 5.41. The summed E-state index contributed by atoms with van der Waals surface area (Å²) in [7, 11) is -2.90. The standard InChI is InChI=1S/C22H24N4O3S2/c27-22(25-11-9-24(10-12-25)18-8-14-31(28,29)16-18)19-15-26(17-5-2-1-3-6-17)23-21(19)20-7-4-13-30-20/h1-7,13,15,18H,8-12,14,16H2/t18-/m1/s1. The Morgan fingerprint density at radius 1 is 1.03 bits per heavy atom. The van der Waals surface area contributed by atoms with E-state index in [4.69, 9.17) is 5.10 Å². The number of carbonyl (C=O) groups is 1. The van der Waals surface area contributed by atoms with E-state index in [9.17, 15) is 13.2 Å². The molecule has 2 saturated heterocycles. The van der Waals surface area contributed by atoms with Crippen molar-refractivity contribution in [2.45, 2.75) is 12.5 Å². The largest absolute Gasteiger partial charge is 0.336 e. The van der Waals surface area contributed by atoms with Gasteiger partial charge in [-0.1, -0.05) is 24.3 Å². The van der Waals surface area contributed by atoms with Crippen molar-refractivity contribution in [2.24, 2.45) is 0 Å². The lowest BCUT2D eigenvalue weighted by atomic mass is 10.1. The first-order valence-electron chi connectivity index (χ1n) is 10.4. The van der Waals surface area contributed by atoms with Gasteiger partial charge in [0.25, 0.3) is 5.91 Å². The first-order valence-corrected chi connectivity index (χ1v) is 13.1. The highest BCUT2D eigenvalue weighted by Crippen LogP contribution is 2.29. The highest BCUT2D eigenvalue weighted by atomic mass is 32.2. The van der Waals surface area contributed by atoms with Gasteiger partial charge in [0, 0.05) is 38.4 Å². The van der Waals surface area contributed by atoms with Crippen molar-refractivity contribution in [3.05, 3.63) is 59.6 Å². The van der Waals surface area contributed by atoms with Gasteiger partial charge in [-0.15, -0.1) is 11.3 Å². The molecule has 31 heavy (non-hydrogen) atoms. The fourth-order valence-electron chi connectivity index (χ4n) is 4.36. The van der Waals surface area contributed by atoms with Gasteiger partial charge < -0.3 is 4.90 Å². The number of hydrogen-bond donors (Lipinski definition) is 0. The lowest BCUT2D eigenvalue weighted by Gasteiger charge is -2.37. The molecule has 1 atom stereocenters. The molecule has 3 aromatic rings. The van der Waals surface area contributed by atoms with Gasteiger partial charge in [0.1, 0.15) is 5.69 Å². The molecule has 5 rings (SSSR count). The Hall–Kier alpha value is -2.49. The molecule has 2 aliphatic rings. The van der Waals surface area contributed by atoms with E-state index < -0.39 is 9.84 Å². The summed E-state index contributed by atoms with van der Waals surface area (Å²) in [5.74, 6) is 0.497. The second kappa shape index (κ2) is 8.22. The number of para-hydroxylation sites is 1. The van der Waals surface area contributed by atoms with Gasteiger partial charge in [-0.25, -0.2) is 13.1 Å². The van der Waals surface area contributed by atoms with Gasteiger partial charge in [0.15, 0.2) is 9.84 Å². The third-order valence-electron chi connectivity index (χ3n) is 6.05. The lowest BCUT2D eigenvalue weighted by Crippen LogP contribution is -2.52. The molecule has 162 valence electrons. The predicted molar refractivity (Wildman–Crippen MR) is 121 cm³/mol. The number of hydrogen-bond acceptors (Lipinski definition) is 6. The van der Waals surface area contributed by atoms with E-state index >= 15 is 0 Å². The van der Waals surface area contributed by atoms with E-state index in [0.29, 0.717) is 43.9 Å². The van der Waals surface area contributed by atoms with Crippen LogP contribution in [0.4, 0.5) is 0 Å². The number of carbonyl (C=O) groups excluding carboxylic acids is 1. The normalized spacial score (nSPS) is 21.4. The molecule has 1 aromatic carbocycles. The van der Waals surface area contributed by atoms with E-state index in [1.165, 1.54) is 0 Å². The highest BCUT2D eigenvalue weighted by Gasteiger charge is 2.35. The SMILES string of the molecule is O=C(c1cn(-c2ccccc2)nc1-c1cccs1)N1CCN([C@@H]2CCS(=O)(=O)C2)CC1. The van der Waals surface area contributed by atoms with E-state index in [-0.39, 0.29) is 23.5 Å². The van der Waals surface area contributed by atoms with Crippen LogP contribution < -0.4 is 0 Å². The molecule has 0 unspecified atom stereocenters. The molecular formula is C22H24N4O3S2. The smallest absolute Gasteiger partial charge is 0.257 e. The van der Waals surface area contributed by atoms with Crippen LogP contribution in [0.1, 0.15) is 16.8 Å². The molecule has 9 heteroatoms. The molecule has 0 spiro atoms. The molecular weight excluding hydrogens is 432 g/mol. The zero-order chi connectivity index (χ0) is 21.4. The molecule has 2 fully saturated rings. The third kappa shape index (κ3) is 4.17. The Labute approximate surface area is 185 Å². The molecule has 4 heterocycles. The van der Waals surface area contributed by atoms with Crippen molar-refractivity contribution >= 4 is 27.1 Å². The van der Waals surface area contributed by atoms with Gasteiger partial charge in [-0.2, -0.15) is 5.10 Å². The molecule has 0 saturated carbocycles. The molecule has 2 aliphatic heterocycles. The zero-order valence-electron chi connectivity index (χ0n) is 17.1. The Morgan fingerprint density at radius 3 is 2.45 bits per heavy atom. The summed E-state index contributed by atoms with van der Waals surface area (Å²) in [6.07, 6.45) is 2.52. The number of piperazine rings is 1. The topological polar surface area (TPSA) is 75.5 Å². The molecule has 0 N–H and O–H groups in total. The van der Waals surface area contributed by atoms with Crippen molar-refractivity contribution in [3.63, 3.8) is 0 Å². The van der Waals surface area contributed by atoms with Crippen LogP contribution in [0.3, 0.4) is 0 Å². The summed E-state index contributed by atoms with van der Waals surface area (Å²) in [6, 6.07) is 13.8. The Balaban J connectivity index is 1.36. The number of sulfone groups is 1. The molecule has 0 bridgehead atoms. The van der Waals surface area contributed by atoms with Crippen molar-refractivity contribution in [1.29, 1.82) is 0 Å². The lowest BCUT2D eigenvalue weighted by molar-refractivity contribution is 0.0588. The van der Waals surface area contributed by atoms with Crippen LogP contribution in [-0.4, -0.2) is 77.6 Å². The van der Waals surface area contributed by atoms with Crippen LogP contribution in [0.5, 0.6) is 0 Å². The molecule has 2 aromatic heterocycles. The fourth-order valence-corrected chi connectivity index (χ4v) is 6.85. The fraction of sp³-hybridized carbons (Fsp3) is 0.364. The van der Waals surface area contributed by atoms with Gasteiger partial charge in [-0.3, -0.25) is 9.69 Å². The number of nitrogens with zero attached hydrogens (tertiary/aromatic N) is 4.